The van der Waals surface area contributed by atoms with Gasteiger partial charge in [0.1, 0.15) is 5.75 Å². The van der Waals surface area contributed by atoms with Gasteiger partial charge in [0.05, 0.1) is 18.4 Å². The zero-order valence-corrected chi connectivity index (χ0v) is 15.4. The first kappa shape index (κ1) is 19.7. The molecule has 0 bridgehead atoms. The molecule has 7 heteroatoms. The lowest BCUT2D eigenvalue weighted by atomic mass is 9.83. The van der Waals surface area contributed by atoms with Crippen molar-refractivity contribution in [2.45, 2.75) is 26.4 Å². The number of alkyl halides is 3. The van der Waals surface area contributed by atoms with E-state index in [1.54, 1.807) is 6.07 Å². The van der Waals surface area contributed by atoms with Crippen LogP contribution in [0.15, 0.2) is 23.8 Å². The Labute approximate surface area is 156 Å². The lowest BCUT2D eigenvalue weighted by Gasteiger charge is -2.38. The molecule has 3 rings (SSSR count). The van der Waals surface area contributed by atoms with Crippen LogP contribution in [-0.2, 0) is 11.2 Å². The third kappa shape index (κ3) is 4.64. The molecule has 4 nitrogen and oxygen atoms in total. The maximum Gasteiger partial charge on any atom is 0.394 e. The molecule has 148 valence electrons. The number of hydrogen-bond donors (Lipinski definition) is 1. The summed E-state index contributed by atoms with van der Waals surface area (Å²) in [6.45, 7) is 4.75. The minimum Gasteiger partial charge on any atom is -0.493 e. The van der Waals surface area contributed by atoms with Crippen molar-refractivity contribution >= 4 is 12.0 Å². The summed E-state index contributed by atoms with van der Waals surface area (Å²) in [6, 6.07) is 5.41. The van der Waals surface area contributed by atoms with Crippen molar-refractivity contribution in [1.82, 2.24) is 4.90 Å². The van der Waals surface area contributed by atoms with Crippen LogP contribution in [0.25, 0.3) is 6.08 Å². The number of nitrogens with zero attached hydrogens (tertiary/aromatic N) is 1. The fourth-order valence-electron chi connectivity index (χ4n) is 3.42. The summed E-state index contributed by atoms with van der Waals surface area (Å²) in [5, 5.41) is 8.97. The highest BCUT2D eigenvalue weighted by Crippen LogP contribution is 2.33. The molecule has 1 N–H and O–H groups in total. The highest BCUT2D eigenvalue weighted by atomic mass is 19.4. The van der Waals surface area contributed by atoms with E-state index in [0.29, 0.717) is 24.8 Å². The standard InChI is InChI=1S/C20H24F3NO3/c1-12-5-15-7-18(27-11-13(2)20(21,22)23)4-3-14(15)6-16(12)8-24-9-17(10-24)19(25)26/h3-4,6-7,12-13,17H,5,8-11H2,1-2H3,(H,25,26)/t12?,13-/m0/s1. The first-order chi connectivity index (χ1) is 12.6. The van der Waals surface area contributed by atoms with E-state index < -0.39 is 24.7 Å². The number of ether oxygens (including phenoxy) is 1. The number of hydrogen-bond acceptors (Lipinski definition) is 3. The van der Waals surface area contributed by atoms with E-state index >= 15 is 0 Å². The monoisotopic (exact) mass is 383 g/mol. The van der Waals surface area contributed by atoms with Crippen LogP contribution >= 0.6 is 0 Å². The Morgan fingerprint density at radius 2 is 2.07 bits per heavy atom. The van der Waals surface area contributed by atoms with Gasteiger partial charge in [0.15, 0.2) is 0 Å². The molecule has 1 aromatic rings. The number of halogens is 3. The van der Waals surface area contributed by atoms with E-state index in [-0.39, 0.29) is 5.92 Å². The summed E-state index contributed by atoms with van der Waals surface area (Å²) in [5.41, 5.74) is 3.37. The third-order valence-electron chi connectivity index (χ3n) is 5.39. The highest BCUT2D eigenvalue weighted by Gasteiger charge is 2.36. The maximum atomic E-state index is 12.6. The summed E-state index contributed by atoms with van der Waals surface area (Å²) in [6.07, 6.45) is -1.35. The maximum absolute atomic E-state index is 12.6. The van der Waals surface area contributed by atoms with E-state index in [2.05, 4.69) is 17.9 Å². The van der Waals surface area contributed by atoms with Gasteiger partial charge in [-0.05, 0) is 35.6 Å². The van der Waals surface area contributed by atoms with Crippen molar-refractivity contribution in [3.05, 3.63) is 34.9 Å². The third-order valence-corrected chi connectivity index (χ3v) is 5.39. The van der Waals surface area contributed by atoms with Crippen molar-refractivity contribution in [1.29, 1.82) is 0 Å². The molecule has 1 fully saturated rings. The van der Waals surface area contributed by atoms with Crippen LogP contribution in [0.3, 0.4) is 0 Å². The topological polar surface area (TPSA) is 49.8 Å². The van der Waals surface area contributed by atoms with Crippen molar-refractivity contribution in [2.24, 2.45) is 17.8 Å². The van der Waals surface area contributed by atoms with Crippen molar-refractivity contribution in [3.63, 3.8) is 0 Å². The highest BCUT2D eigenvalue weighted by molar-refractivity contribution is 5.71. The van der Waals surface area contributed by atoms with Crippen LogP contribution in [0.5, 0.6) is 5.75 Å². The Morgan fingerprint density at radius 1 is 1.37 bits per heavy atom. The van der Waals surface area contributed by atoms with Gasteiger partial charge in [0, 0.05) is 19.6 Å². The summed E-state index contributed by atoms with van der Waals surface area (Å²) in [4.78, 5) is 13.0. The average molecular weight is 383 g/mol. The molecular weight excluding hydrogens is 359 g/mol. The van der Waals surface area contributed by atoms with Gasteiger partial charge in [-0.15, -0.1) is 0 Å². The second-order valence-corrected chi connectivity index (χ2v) is 7.67. The Bertz CT molecular complexity index is 738. The summed E-state index contributed by atoms with van der Waals surface area (Å²) in [5.74, 6) is -1.76. The predicted octanol–water partition coefficient (Wildman–Crippen LogP) is 3.86. The first-order valence-electron chi connectivity index (χ1n) is 9.11. The Morgan fingerprint density at radius 3 is 2.70 bits per heavy atom. The van der Waals surface area contributed by atoms with Gasteiger partial charge >= 0.3 is 12.1 Å². The molecule has 1 aliphatic heterocycles. The van der Waals surface area contributed by atoms with Gasteiger partial charge in [-0.25, -0.2) is 0 Å². The lowest BCUT2D eigenvalue weighted by molar-refractivity contribution is -0.176. The molecule has 0 radical (unpaired) electrons. The molecule has 2 atom stereocenters. The van der Waals surface area contributed by atoms with E-state index in [1.807, 2.05) is 12.1 Å². The van der Waals surface area contributed by atoms with Crippen LogP contribution < -0.4 is 4.74 Å². The van der Waals surface area contributed by atoms with Crippen LogP contribution in [0, 0.1) is 17.8 Å². The Kier molecular flexibility index (Phi) is 5.51. The SMILES string of the molecule is CC1Cc2cc(OC[C@H](C)C(F)(F)F)ccc2C=C1CN1CC(C(=O)O)C1. The molecule has 0 amide bonds. The summed E-state index contributed by atoms with van der Waals surface area (Å²) in [7, 11) is 0. The van der Waals surface area contributed by atoms with Gasteiger partial charge in [-0.3, -0.25) is 9.69 Å². The molecule has 27 heavy (non-hydrogen) atoms. The van der Waals surface area contributed by atoms with Crippen molar-refractivity contribution < 1.29 is 27.8 Å². The molecule has 1 heterocycles. The Hall–Kier alpha value is -2.02. The summed E-state index contributed by atoms with van der Waals surface area (Å²) < 4.78 is 43.1. The fraction of sp³-hybridized carbons (Fsp3) is 0.550. The van der Waals surface area contributed by atoms with Crippen molar-refractivity contribution in [2.75, 3.05) is 26.2 Å². The smallest absolute Gasteiger partial charge is 0.394 e. The second-order valence-electron chi connectivity index (χ2n) is 7.67. The van der Waals surface area contributed by atoms with Crippen LogP contribution in [0.4, 0.5) is 13.2 Å². The normalized spacial score (nSPS) is 21.8. The molecule has 1 aromatic carbocycles. The predicted molar refractivity (Wildman–Crippen MR) is 95.6 cm³/mol. The van der Waals surface area contributed by atoms with Gasteiger partial charge in [0.25, 0.3) is 0 Å². The molecule has 2 aliphatic rings. The minimum absolute atomic E-state index is 0.268. The quantitative estimate of drug-likeness (QED) is 0.811. The molecule has 0 aromatic heterocycles. The Balaban J connectivity index is 1.62. The van der Waals surface area contributed by atoms with E-state index in [4.69, 9.17) is 9.84 Å². The largest absolute Gasteiger partial charge is 0.493 e. The van der Waals surface area contributed by atoms with Crippen molar-refractivity contribution in [3.8, 4) is 5.75 Å². The number of carbonyl (C=O) groups is 1. The van der Waals surface area contributed by atoms with Gasteiger partial charge < -0.3 is 9.84 Å². The molecular formula is C20H24F3NO3. The van der Waals surface area contributed by atoms with Crippen LogP contribution in [-0.4, -0.2) is 48.4 Å². The number of benzene rings is 1. The molecule has 1 unspecified atom stereocenters. The molecule has 0 spiro atoms. The number of carboxylic acids is 1. The first-order valence-corrected chi connectivity index (χ1v) is 9.11. The fourth-order valence-corrected chi connectivity index (χ4v) is 3.42. The van der Waals surface area contributed by atoms with Crippen LogP contribution in [0.2, 0.25) is 0 Å². The van der Waals surface area contributed by atoms with Gasteiger partial charge in [-0.1, -0.05) is 31.6 Å². The van der Waals surface area contributed by atoms with Gasteiger partial charge in [-0.2, -0.15) is 13.2 Å². The minimum atomic E-state index is -4.25. The number of carboxylic acid groups (broad SMARTS) is 1. The van der Waals surface area contributed by atoms with E-state index in [9.17, 15) is 18.0 Å². The molecule has 1 saturated heterocycles. The number of aliphatic carboxylic acids is 1. The average Bonchev–Trinajstić information content (AvgIpc) is 2.54. The number of fused-ring (bicyclic) bond motifs is 1. The zero-order valence-electron chi connectivity index (χ0n) is 15.4. The van der Waals surface area contributed by atoms with Gasteiger partial charge in [0.2, 0.25) is 0 Å². The number of rotatable bonds is 6. The van der Waals surface area contributed by atoms with E-state index in [1.165, 1.54) is 5.57 Å². The zero-order chi connectivity index (χ0) is 19.8. The molecule has 0 saturated carbocycles. The lowest BCUT2D eigenvalue weighted by Crippen LogP contribution is -2.51. The van der Waals surface area contributed by atoms with Crippen LogP contribution in [0.1, 0.15) is 25.0 Å². The summed E-state index contributed by atoms with van der Waals surface area (Å²) >= 11 is 0. The molecule has 1 aliphatic carbocycles. The second kappa shape index (κ2) is 7.54. The van der Waals surface area contributed by atoms with E-state index in [0.717, 1.165) is 31.0 Å². The number of likely N-dealkylation sites (tertiary alicyclic amines) is 1.